The van der Waals surface area contributed by atoms with Crippen molar-refractivity contribution in [2.45, 2.75) is 33.4 Å². The minimum absolute atomic E-state index is 0.0367. The highest BCUT2D eigenvalue weighted by atomic mass is 32.3. The molecule has 1 saturated carbocycles. The molecule has 26 heavy (non-hydrogen) atoms. The Labute approximate surface area is 151 Å². The van der Waals surface area contributed by atoms with Gasteiger partial charge in [-0.1, -0.05) is 36.4 Å². The van der Waals surface area contributed by atoms with Gasteiger partial charge in [-0.2, -0.15) is 0 Å². The summed E-state index contributed by atoms with van der Waals surface area (Å²) >= 11 is 0. The van der Waals surface area contributed by atoms with Crippen LogP contribution in [-0.4, -0.2) is 27.0 Å². The van der Waals surface area contributed by atoms with E-state index >= 15 is 4.39 Å². The minimum atomic E-state index is -4.92. The fourth-order valence-corrected chi connectivity index (χ4v) is 7.90. The quantitative estimate of drug-likeness (QED) is 0.776. The van der Waals surface area contributed by atoms with Crippen LogP contribution in [0.15, 0.2) is 70.5 Å². The van der Waals surface area contributed by atoms with Gasteiger partial charge in [0, 0.05) is 18.8 Å². The average molecular weight is 396 g/mol. The van der Waals surface area contributed by atoms with Gasteiger partial charge in [0.05, 0.1) is 9.79 Å². The number of hydrogen-bond acceptors (Lipinski definition) is 5. The zero-order valence-electron chi connectivity index (χ0n) is 13.7. The van der Waals surface area contributed by atoms with Gasteiger partial charge in [0.25, 0.3) is 0 Å². The molecule has 0 N–H and O–H groups in total. The normalized spacial score (nSPS) is 18.8. The number of Topliss-reactive ketones (excluding diaryl/α,β-unsaturated/α-hetero) is 1. The van der Waals surface area contributed by atoms with Crippen LogP contribution in [0.3, 0.4) is 0 Å². The zero-order chi connectivity index (χ0) is 19.0. The molecule has 0 spiro atoms. The van der Waals surface area contributed by atoms with E-state index in [0.29, 0.717) is 0 Å². The maximum absolute atomic E-state index is 16.3. The van der Waals surface area contributed by atoms with Crippen LogP contribution >= 0.6 is 0 Å². The van der Waals surface area contributed by atoms with Crippen LogP contribution in [0.4, 0.5) is 4.39 Å². The molecule has 2 aromatic rings. The molecule has 138 valence electrons. The highest BCUT2D eigenvalue weighted by molar-refractivity contribution is 8.10. The highest BCUT2D eigenvalue weighted by Gasteiger charge is 2.63. The summed E-state index contributed by atoms with van der Waals surface area (Å²) in [4.78, 5) is 10.8. The number of rotatable bonds is 5. The second-order valence-electron chi connectivity index (χ2n) is 6.19. The van der Waals surface area contributed by atoms with E-state index in [4.69, 9.17) is 0 Å². The second kappa shape index (κ2) is 6.59. The number of hydrogen-bond donors (Lipinski definition) is 0. The number of carbonyl (C=O) groups excluding carboxylic acids is 1. The lowest BCUT2D eigenvalue weighted by molar-refractivity contribution is -0.117. The molecule has 0 heterocycles. The molecule has 0 amide bonds. The third-order valence-corrected chi connectivity index (χ3v) is 9.81. The molecule has 3 rings (SSSR count). The molecule has 1 fully saturated rings. The largest absolute Gasteiger partial charge is 0.320 e. The van der Waals surface area contributed by atoms with Crippen LogP contribution in [-0.2, 0) is 24.5 Å². The fraction of sp³-hybridized carbons (Fsp3) is 0.278. The molecule has 0 aromatic heterocycles. The molecule has 0 unspecified atom stereocenters. The van der Waals surface area contributed by atoms with Crippen molar-refractivity contribution < 1.29 is 26.0 Å². The standard InChI is InChI=1S/C18H17FO5S2/c19-18(14-11-12-15(20)13-14,25(21,22)16-7-3-1-4-8-16)26(23,24)17-9-5-2-6-10-17/h1-10,14H,11-13H2/t14-/m1/s1. The van der Waals surface area contributed by atoms with E-state index in [9.17, 15) is 21.6 Å². The Kier molecular flexibility index (Phi) is 4.74. The first-order chi connectivity index (χ1) is 12.2. The SMILES string of the molecule is O=C1CC[C@@H](C(F)(S(=O)(=O)c2ccccc2)S(=O)(=O)c2ccccc2)C1. The van der Waals surface area contributed by atoms with Gasteiger partial charge in [-0.3, -0.25) is 4.79 Å². The molecular weight excluding hydrogens is 379 g/mol. The van der Waals surface area contributed by atoms with Gasteiger partial charge >= 0.3 is 4.33 Å². The van der Waals surface area contributed by atoms with Crippen molar-refractivity contribution in [1.82, 2.24) is 0 Å². The first-order valence-corrected chi connectivity index (χ1v) is 11.0. The summed E-state index contributed by atoms with van der Waals surface area (Å²) in [6, 6.07) is 13.3. The number of halogens is 1. The van der Waals surface area contributed by atoms with E-state index < -0.39 is 46.1 Å². The van der Waals surface area contributed by atoms with Gasteiger partial charge < -0.3 is 0 Å². The second-order valence-corrected chi connectivity index (χ2v) is 10.6. The Bertz CT molecular complexity index is 946. The summed E-state index contributed by atoms with van der Waals surface area (Å²) < 4.78 is 65.1. The van der Waals surface area contributed by atoms with Gasteiger partial charge in [0.15, 0.2) is 0 Å². The van der Waals surface area contributed by atoms with Gasteiger partial charge in [0.1, 0.15) is 5.78 Å². The molecule has 0 bridgehead atoms. The van der Waals surface area contributed by atoms with Gasteiger partial charge in [0.2, 0.25) is 19.7 Å². The molecule has 0 aliphatic heterocycles. The van der Waals surface area contributed by atoms with Gasteiger partial charge in [-0.05, 0) is 30.7 Å². The van der Waals surface area contributed by atoms with Crippen molar-refractivity contribution in [1.29, 1.82) is 0 Å². The molecule has 1 aliphatic rings. The molecule has 5 nitrogen and oxygen atoms in total. The Morgan fingerprint density at radius 3 is 1.58 bits per heavy atom. The van der Waals surface area contributed by atoms with E-state index in [1.54, 1.807) is 12.1 Å². The summed E-state index contributed by atoms with van der Waals surface area (Å²) in [5.41, 5.74) is 0. The van der Waals surface area contributed by atoms with E-state index in [-0.39, 0.29) is 18.6 Å². The van der Waals surface area contributed by atoms with Crippen molar-refractivity contribution in [2.24, 2.45) is 5.92 Å². The van der Waals surface area contributed by atoms with E-state index in [2.05, 4.69) is 0 Å². The smallest absolute Gasteiger partial charge is 0.300 e. The number of benzene rings is 2. The maximum Gasteiger partial charge on any atom is 0.320 e. The first-order valence-electron chi connectivity index (χ1n) is 8.01. The van der Waals surface area contributed by atoms with E-state index in [1.807, 2.05) is 0 Å². The molecule has 0 radical (unpaired) electrons. The number of alkyl halides is 1. The summed E-state index contributed by atoms with van der Waals surface area (Å²) in [5.74, 6) is -1.80. The van der Waals surface area contributed by atoms with Crippen LogP contribution in [0.25, 0.3) is 0 Å². The summed E-state index contributed by atoms with van der Waals surface area (Å²) in [6.07, 6.45) is -0.590. The van der Waals surface area contributed by atoms with Crippen molar-refractivity contribution >= 4 is 25.5 Å². The van der Waals surface area contributed by atoms with Crippen LogP contribution < -0.4 is 0 Å². The number of ketones is 1. The molecule has 0 saturated heterocycles. The lowest BCUT2D eigenvalue weighted by atomic mass is 10.1. The minimum Gasteiger partial charge on any atom is -0.300 e. The van der Waals surface area contributed by atoms with Crippen molar-refractivity contribution in [3.8, 4) is 0 Å². The predicted molar refractivity (Wildman–Crippen MR) is 93.4 cm³/mol. The van der Waals surface area contributed by atoms with Crippen LogP contribution in [0.5, 0.6) is 0 Å². The topological polar surface area (TPSA) is 85.3 Å². The van der Waals surface area contributed by atoms with Crippen LogP contribution in [0.1, 0.15) is 19.3 Å². The Hall–Kier alpha value is -2.06. The lowest BCUT2D eigenvalue weighted by Crippen LogP contribution is -2.48. The van der Waals surface area contributed by atoms with Crippen molar-refractivity contribution in [3.63, 3.8) is 0 Å². The number of carbonyl (C=O) groups is 1. The average Bonchev–Trinajstić information content (AvgIpc) is 3.09. The fourth-order valence-electron chi connectivity index (χ4n) is 3.21. The van der Waals surface area contributed by atoms with Crippen LogP contribution in [0.2, 0.25) is 0 Å². The summed E-state index contributed by atoms with van der Waals surface area (Å²) in [6.45, 7) is 0. The summed E-state index contributed by atoms with van der Waals surface area (Å²) in [7, 11) is -9.84. The third-order valence-electron chi connectivity index (χ3n) is 4.57. The van der Waals surface area contributed by atoms with Crippen molar-refractivity contribution in [3.05, 3.63) is 60.7 Å². The monoisotopic (exact) mass is 396 g/mol. The maximum atomic E-state index is 16.3. The number of sulfone groups is 2. The zero-order valence-corrected chi connectivity index (χ0v) is 15.3. The molecule has 1 atom stereocenters. The summed E-state index contributed by atoms with van der Waals surface area (Å²) in [5, 5.41) is 0. The van der Waals surface area contributed by atoms with E-state index in [1.165, 1.54) is 24.3 Å². The highest BCUT2D eigenvalue weighted by Crippen LogP contribution is 2.47. The molecule has 8 heteroatoms. The molecule has 2 aromatic carbocycles. The predicted octanol–water partition coefficient (Wildman–Crippen LogP) is 2.93. The van der Waals surface area contributed by atoms with Crippen molar-refractivity contribution in [2.75, 3.05) is 0 Å². The lowest BCUT2D eigenvalue weighted by Gasteiger charge is -2.30. The Morgan fingerprint density at radius 2 is 1.23 bits per heavy atom. The van der Waals surface area contributed by atoms with Gasteiger partial charge in [-0.15, -0.1) is 0 Å². The molecule has 1 aliphatic carbocycles. The van der Waals surface area contributed by atoms with E-state index in [0.717, 1.165) is 24.3 Å². The van der Waals surface area contributed by atoms with Gasteiger partial charge in [-0.25, -0.2) is 21.2 Å². The third kappa shape index (κ3) is 2.77. The Morgan fingerprint density at radius 1 is 0.808 bits per heavy atom. The molecular formula is C18H17FO5S2. The first kappa shape index (κ1) is 18.7. The van der Waals surface area contributed by atoms with Crippen LogP contribution in [0, 0.1) is 5.92 Å². The Balaban J connectivity index is 2.26.